The molecule has 1 N–H and O–H groups in total. The zero-order valence-corrected chi connectivity index (χ0v) is 19.3. The molecule has 0 saturated carbocycles. The molecule has 4 rings (SSSR count). The fourth-order valence-corrected chi connectivity index (χ4v) is 3.27. The smallest absolute Gasteiger partial charge is 0.322 e. The molecule has 0 atom stereocenters. The minimum Gasteiger partial charge on any atom is -0.494 e. The van der Waals surface area contributed by atoms with E-state index in [9.17, 15) is 0 Å². The van der Waals surface area contributed by atoms with Crippen LogP contribution < -0.4 is 14.8 Å². The van der Waals surface area contributed by atoms with E-state index in [1.807, 2.05) is 64.1 Å². The second-order valence-electron chi connectivity index (χ2n) is 7.47. The second-order valence-corrected chi connectivity index (χ2v) is 7.88. The molecule has 4 aromatic rings. The Balaban J connectivity index is 1.62. The molecular weight excluding hydrogens is 430 g/mol. The predicted molar refractivity (Wildman–Crippen MR) is 123 cm³/mol. The summed E-state index contributed by atoms with van der Waals surface area (Å²) >= 11 is 6.22. The maximum absolute atomic E-state index is 6.22. The lowest BCUT2D eigenvalue weighted by atomic mass is 10.2. The van der Waals surface area contributed by atoms with Gasteiger partial charge in [-0.05, 0) is 52.0 Å². The van der Waals surface area contributed by atoms with Crippen LogP contribution in [-0.2, 0) is 0 Å². The summed E-state index contributed by atoms with van der Waals surface area (Å²) in [6.45, 7) is 7.75. The molecule has 166 valence electrons. The molecule has 2 aromatic heterocycles. The van der Waals surface area contributed by atoms with E-state index in [0.29, 0.717) is 34.3 Å². The lowest BCUT2D eigenvalue weighted by Gasteiger charge is -2.11. The molecule has 10 heteroatoms. The lowest BCUT2D eigenvalue weighted by molar-refractivity contribution is 0.375. The van der Waals surface area contributed by atoms with Gasteiger partial charge in [-0.2, -0.15) is 10.1 Å². The molecule has 2 aromatic carbocycles. The van der Waals surface area contributed by atoms with Crippen LogP contribution in [0.3, 0.4) is 0 Å². The molecule has 2 heterocycles. The standard InChI is InChI=1S/C22H24ClN7O2/c1-13(2)30-22(32-19-8-6-7-17(23)14(19)3)26-21(28-30)25-16-9-10-18(20(11-16)31-5)29-12-24-15(4)27-29/h6-13H,1-5H3,(H,25,28). The van der Waals surface area contributed by atoms with E-state index in [-0.39, 0.29) is 6.04 Å². The first-order valence-corrected chi connectivity index (χ1v) is 10.5. The van der Waals surface area contributed by atoms with Crippen LogP contribution in [0.15, 0.2) is 42.7 Å². The molecule has 0 unspecified atom stereocenters. The number of aromatic nitrogens is 6. The van der Waals surface area contributed by atoms with E-state index in [1.165, 1.54) is 0 Å². The molecule has 0 aliphatic rings. The zero-order chi connectivity index (χ0) is 22.8. The van der Waals surface area contributed by atoms with Crippen molar-refractivity contribution in [2.24, 2.45) is 0 Å². The van der Waals surface area contributed by atoms with Crippen molar-refractivity contribution in [3.63, 3.8) is 0 Å². The Hall–Kier alpha value is -3.59. The van der Waals surface area contributed by atoms with Crippen LogP contribution in [0.5, 0.6) is 17.5 Å². The molecular formula is C22H24ClN7O2. The summed E-state index contributed by atoms with van der Waals surface area (Å²) in [6.07, 6.45) is 1.65. The Morgan fingerprint density at radius 2 is 1.88 bits per heavy atom. The van der Waals surface area contributed by atoms with Crippen molar-refractivity contribution in [1.29, 1.82) is 0 Å². The highest BCUT2D eigenvalue weighted by Gasteiger charge is 2.17. The highest BCUT2D eigenvalue weighted by atomic mass is 35.5. The van der Waals surface area contributed by atoms with Crippen LogP contribution in [0.2, 0.25) is 5.02 Å². The van der Waals surface area contributed by atoms with Gasteiger partial charge in [0.2, 0.25) is 5.95 Å². The van der Waals surface area contributed by atoms with Crippen LogP contribution in [0.1, 0.15) is 31.3 Å². The SMILES string of the molecule is COc1cc(Nc2nc(Oc3cccc(Cl)c3C)n(C(C)C)n2)ccc1-n1cnc(C)n1. The molecule has 32 heavy (non-hydrogen) atoms. The quantitative estimate of drug-likeness (QED) is 0.408. The van der Waals surface area contributed by atoms with Gasteiger partial charge in [0, 0.05) is 22.3 Å². The van der Waals surface area contributed by atoms with E-state index in [4.69, 9.17) is 21.1 Å². The number of hydrogen-bond acceptors (Lipinski definition) is 7. The number of benzene rings is 2. The number of anilines is 2. The van der Waals surface area contributed by atoms with E-state index < -0.39 is 0 Å². The van der Waals surface area contributed by atoms with E-state index in [0.717, 1.165) is 16.9 Å². The van der Waals surface area contributed by atoms with Gasteiger partial charge in [0.05, 0.1) is 13.2 Å². The summed E-state index contributed by atoms with van der Waals surface area (Å²) in [5.41, 5.74) is 2.37. The largest absolute Gasteiger partial charge is 0.494 e. The van der Waals surface area contributed by atoms with Crippen molar-refractivity contribution in [2.75, 3.05) is 12.4 Å². The van der Waals surface area contributed by atoms with Gasteiger partial charge in [0.25, 0.3) is 0 Å². The Bertz CT molecular complexity index is 1250. The number of nitrogens with one attached hydrogen (secondary N) is 1. The third-order valence-electron chi connectivity index (χ3n) is 4.80. The first kappa shape index (κ1) is 21.6. The van der Waals surface area contributed by atoms with E-state index in [2.05, 4.69) is 25.5 Å². The third kappa shape index (κ3) is 4.38. The van der Waals surface area contributed by atoms with Crippen molar-refractivity contribution >= 4 is 23.2 Å². The first-order valence-electron chi connectivity index (χ1n) is 10.1. The Morgan fingerprint density at radius 1 is 1.06 bits per heavy atom. The van der Waals surface area contributed by atoms with Gasteiger partial charge in [-0.25, -0.2) is 14.3 Å². The van der Waals surface area contributed by atoms with Gasteiger partial charge in [-0.1, -0.05) is 17.7 Å². The maximum atomic E-state index is 6.22. The third-order valence-corrected chi connectivity index (χ3v) is 5.21. The number of halogens is 1. The summed E-state index contributed by atoms with van der Waals surface area (Å²) in [5.74, 6) is 2.35. The maximum Gasteiger partial charge on any atom is 0.322 e. The normalized spacial score (nSPS) is 11.1. The molecule has 0 amide bonds. The van der Waals surface area contributed by atoms with Gasteiger partial charge >= 0.3 is 6.01 Å². The Morgan fingerprint density at radius 3 is 2.56 bits per heavy atom. The Kier molecular flexibility index (Phi) is 6.00. The van der Waals surface area contributed by atoms with Crippen molar-refractivity contribution in [2.45, 2.75) is 33.7 Å². The summed E-state index contributed by atoms with van der Waals surface area (Å²) in [7, 11) is 1.61. The van der Waals surface area contributed by atoms with Crippen LogP contribution in [0.4, 0.5) is 11.6 Å². The van der Waals surface area contributed by atoms with Crippen molar-refractivity contribution in [1.82, 2.24) is 29.5 Å². The van der Waals surface area contributed by atoms with E-state index in [1.54, 1.807) is 22.8 Å². The highest BCUT2D eigenvalue weighted by molar-refractivity contribution is 6.31. The number of nitrogens with zero attached hydrogens (tertiary/aromatic N) is 6. The molecule has 0 aliphatic heterocycles. The van der Waals surface area contributed by atoms with Crippen molar-refractivity contribution in [3.8, 4) is 23.2 Å². The average Bonchev–Trinajstić information content (AvgIpc) is 3.37. The minimum atomic E-state index is 0.0417. The topological polar surface area (TPSA) is 91.9 Å². The Labute approximate surface area is 191 Å². The molecule has 0 fully saturated rings. The predicted octanol–water partition coefficient (Wildman–Crippen LogP) is 5.25. The van der Waals surface area contributed by atoms with Gasteiger partial charge in [0.1, 0.15) is 29.3 Å². The summed E-state index contributed by atoms with van der Waals surface area (Å²) in [4.78, 5) is 8.71. The molecule has 0 spiro atoms. The number of aryl methyl sites for hydroxylation is 1. The van der Waals surface area contributed by atoms with Gasteiger partial charge in [-0.15, -0.1) is 5.10 Å². The zero-order valence-electron chi connectivity index (χ0n) is 18.5. The molecule has 0 radical (unpaired) electrons. The minimum absolute atomic E-state index is 0.0417. The monoisotopic (exact) mass is 453 g/mol. The molecule has 9 nitrogen and oxygen atoms in total. The van der Waals surface area contributed by atoms with Crippen LogP contribution in [0.25, 0.3) is 5.69 Å². The van der Waals surface area contributed by atoms with E-state index >= 15 is 0 Å². The number of rotatable bonds is 7. The summed E-state index contributed by atoms with van der Waals surface area (Å²) < 4.78 is 15.0. The molecule has 0 bridgehead atoms. The van der Waals surface area contributed by atoms with Crippen LogP contribution in [0, 0.1) is 13.8 Å². The number of ether oxygens (including phenoxy) is 2. The highest BCUT2D eigenvalue weighted by Crippen LogP contribution is 2.32. The van der Waals surface area contributed by atoms with Gasteiger partial charge in [-0.3, -0.25) is 0 Å². The summed E-state index contributed by atoms with van der Waals surface area (Å²) in [6, 6.07) is 11.6. The van der Waals surface area contributed by atoms with Crippen molar-refractivity contribution in [3.05, 3.63) is 59.1 Å². The molecule has 0 aliphatic carbocycles. The summed E-state index contributed by atoms with van der Waals surface area (Å²) in [5, 5.41) is 12.7. The van der Waals surface area contributed by atoms with Crippen LogP contribution >= 0.6 is 11.6 Å². The fourth-order valence-electron chi connectivity index (χ4n) is 3.10. The van der Waals surface area contributed by atoms with Gasteiger partial charge in [0.15, 0.2) is 0 Å². The number of hydrogen-bond donors (Lipinski definition) is 1. The number of methoxy groups -OCH3 is 1. The van der Waals surface area contributed by atoms with Gasteiger partial charge < -0.3 is 14.8 Å². The van der Waals surface area contributed by atoms with Crippen molar-refractivity contribution < 1.29 is 9.47 Å². The second kappa shape index (κ2) is 8.88. The first-order chi connectivity index (χ1) is 15.4. The lowest BCUT2D eigenvalue weighted by Crippen LogP contribution is -2.06. The molecule has 0 saturated heterocycles. The fraction of sp³-hybridized carbons (Fsp3) is 0.273. The van der Waals surface area contributed by atoms with Crippen LogP contribution in [-0.4, -0.2) is 36.6 Å². The average molecular weight is 454 g/mol.